The summed E-state index contributed by atoms with van der Waals surface area (Å²) in [4.78, 5) is 12.9. The van der Waals surface area contributed by atoms with Crippen LogP contribution in [-0.4, -0.2) is 39.3 Å². The lowest BCUT2D eigenvalue weighted by molar-refractivity contribution is -0.127. The number of rotatable bonds is 8. The number of para-hydroxylation sites is 2. The van der Waals surface area contributed by atoms with E-state index in [0.29, 0.717) is 44.6 Å². The Morgan fingerprint density at radius 2 is 1.74 bits per heavy atom. The summed E-state index contributed by atoms with van der Waals surface area (Å²) in [5, 5.41) is 4.45. The number of nitrogens with zero attached hydrogens (tertiary/aromatic N) is 1. The van der Waals surface area contributed by atoms with Gasteiger partial charge in [0.2, 0.25) is 0 Å². The van der Waals surface area contributed by atoms with Crippen molar-refractivity contribution >= 4 is 68.2 Å². The van der Waals surface area contributed by atoms with Crippen LogP contribution < -0.4 is 14.4 Å². The standard InChI is InChI=1S/C24H21Cl3N2O4S2/c25-17-7-9-19(10-8-17)35(31,32)29-14-23(33-22-4-2-1-3-21(22)29)24(30)28-11-12-34-15-16-5-6-18(26)13-20(16)27/h1-10,13,23H,11-12,14-15H2,(H,28,30)/t23-/m1/s1. The summed E-state index contributed by atoms with van der Waals surface area (Å²) in [5.74, 6) is 1.25. The number of anilines is 1. The highest BCUT2D eigenvalue weighted by Gasteiger charge is 2.37. The monoisotopic (exact) mass is 570 g/mol. The fourth-order valence-electron chi connectivity index (χ4n) is 3.48. The third-order valence-electron chi connectivity index (χ3n) is 5.25. The van der Waals surface area contributed by atoms with E-state index >= 15 is 0 Å². The van der Waals surface area contributed by atoms with Crippen molar-refractivity contribution in [3.63, 3.8) is 0 Å². The average Bonchev–Trinajstić information content (AvgIpc) is 2.84. The molecule has 1 amide bonds. The Hall–Kier alpha value is -2.10. The molecule has 0 unspecified atom stereocenters. The van der Waals surface area contributed by atoms with Gasteiger partial charge in [-0.15, -0.1) is 0 Å². The molecule has 0 aromatic heterocycles. The fraction of sp³-hybridized carbons (Fsp3) is 0.208. The topological polar surface area (TPSA) is 75.7 Å². The number of hydrogen-bond acceptors (Lipinski definition) is 5. The van der Waals surface area contributed by atoms with Crippen LogP contribution in [0.5, 0.6) is 5.75 Å². The molecule has 0 saturated carbocycles. The van der Waals surface area contributed by atoms with E-state index in [1.165, 1.54) is 28.6 Å². The van der Waals surface area contributed by atoms with Gasteiger partial charge in [-0.3, -0.25) is 9.10 Å². The van der Waals surface area contributed by atoms with Gasteiger partial charge in [0, 0.05) is 33.1 Å². The van der Waals surface area contributed by atoms with Gasteiger partial charge in [0.05, 0.1) is 17.1 Å². The molecule has 0 saturated heterocycles. The summed E-state index contributed by atoms with van der Waals surface area (Å²) in [6, 6.07) is 18.0. The van der Waals surface area contributed by atoms with Gasteiger partial charge in [0.25, 0.3) is 15.9 Å². The van der Waals surface area contributed by atoms with Crippen LogP contribution in [0.25, 0.3) is 0 Å². The van der Waals surface area contributed by atoms with Crippen LogP contribution in [0.1, 0.15) is 5.56 Å². The minimum Gasteiger partial charge on any atom is -0.476 e. The highest BCUT2D eigenvalue weighted by Crippen LogP contribution is 2.37. The molecular weight excluding hydrogens is 551 g/mol. The Kier molecular flexibility index (Phi) is 8.39. The van der Waals surface area contributed by atoms with E-state index in [-0.39, 0.29) is 17.3 Å². The van der Waals surface area contributed by atoms with Crippen LogP contribution in [-0.2, 0) is 20.6 Å². The first-order chi connectivity index (χ1) is 16.8. The first-order valence-corrected chi connectivity index (χ1v) is 14.3. The number of sulfonamides is 1. The molecule has 6 nitrogen and oxygen atoms in total. The Morgan fingerprint density at radius 3 is 2.49 bits per heavy atom. The van der Waals surface area contributed by atoms with E-state index in [9.17, 15) is 13.2 Å². The zero-order valence-electron chi connectivity index (χ0n) is 18.3. The van der Waals surface area contributed by atoms with E-state index < -0.39 is 16.1 Å². The van der Waals surface area contributed by atoms with Crippen LogP contribution in [0, 0.1) is 0 Å². The molecule has 0 fully saturated rings. The normalized spacial score (nSPS) is 15.3. The Balaban J connectivity index is 1.40. The summed E-state index contributed by atoms with van der Waals surface area (Å²) < 4.78 is 33.8. The number of amides is 1. The Bertz CT molecular complexity index is 1320. The zero-order chi connectivity index (χ0) is 25.0. The van der Waals surface area contributed by atoms with E-state index in [1.54, 1.807) is 48.2 Å². The van der Waals surface area contributed by atoms with Gasteiger partial charge in [-0.25, -0.2) is 8.42 Å². The Morgan fingerprint density at radius 1 is 1.03 bits per heavy atom. The van der Waals surface area contributed by atoms with Crippen molar-refractivity contribution in [1.82, 2.24) is 5.32 Å². The third-order valence-corrected chi connectivity index (χ3v) is 8.89. The molecule has 4 rings (SSSR count). The largest absolute Gasteiger partial charge is 0.476 e. The van der Waals surface area contributed by atoms with Crippen molar-refractivity contribution in [2.24, 2.45) is 0 Å². The van der Waals surface area contributed by atoms with Gasteiger partial charge in [0.1, 0.15) is 5.75 Å². The van der Waals surface area contributed by atoms with Crippen LogP contribution in [0.4, 0.5) is 5.69 Å². The van der Waals surface area contributed by atoms with Crippen LogP contribution >= 0.6 is 46.6 Å². The number of carbonyl (C=O) groups excluding carboxylic acids is 1. The molecule has 0 spiro atoms. The summed E-state index contributed by atoms with van der Waals surface area (Å²) in [7, 11) is -3.94. The lowest BCUT2D eigenvalue weighted by atomic mass is 10.2. The van der Waals surface area contributed by atoms with Gasteiger partial charge in [0.15, 0.2) is 6.10 Å². The van der Waals surface area contributed by atoms with E-state index in [0.717, 1.165) is 5.56 Å². The molecule has 0 radical (unpaired) electrons. The lowest BCUT2D eigenvalue weighted by Gasteiger charge is -2.34. The molecule has 0 bridgehead atoms. The zero-order valence-corrected chi connectivity index (χ0v) is 22.2. The number of thioether (sulfide) groups is 1. The van der Waals surface area contributed by atoms with Gasteiger partial charge in [-0.05, 0) is 54.1 Å². The second-order valence-corrected chi connectivity index (χ2v) is 11.9. The molecule has 11 heteroatoms. The number of nitrogens with one attached hydrogen (secondary N) is 1. The molecule has 0 aliphatic carbocycles. The van der Waals surface area contributed by atoms with Crippen LogP contribution in [0.2, 0.25) is 15.1 Å². The molecular formula is C24H21Cl3N2O4S2. The minimum atomic E-state index is -3.94. The maximum absolute atomic E-state index is 13.4. The molecule has 1 aliphatic rings. The molecule has 1 atom stereocenters. The number of hydrogen-bond donors (Lipinski definition) is 1. The van der Waals surface area contributed by atoms with Crippen LogP contribution in [0.3, 0.4) is 0 Å². The molecule has 1 N–H and O–H groups in total. The Labute approximate surface area is 223 Å². The molecule has 1 aliphatic heterocycles. The fourth-order valence-corrected chi connectivity index (χ4v) is 6.50. The van der Waals surface area contributed by atoms with Crippen molar-refractivity contribution in [2.45, 2.75) is 16.8 Å². The lowest BCUT2D eigenvalue weighted by Crippen LogP contribution is -2.51. The summed E-state index contributed by atoms with van der Waals surface area (Å²) >= 11 is 19.6. The highest BCUT2D eigenvalue weighted by atomic mass is 35.5. The summed E-state index contributed by atoms with van der Waals surface area (Å²) in [6.45, 7) is 0.238. The number of benzene rings is 3. The number of fused-ring (bicyclic) bond motifs is 1. The van der Waals surface area contributed by atoms with Gasteiger partial charge >= 0.3 is 0 Å². The van der Waals surface area contributed by atoms with E-state index in [4.69, 9.17) is 39.5 Å². The first kappa shape index (κ1) is 26.0. The van der Waals surface area contributed by atoms with Crippen molar-refractivity contribution < 1.29 is 17.9 Å². The van der Waals surface area contributed by atoms with Gasteiger partial charge in [-0.1, -0.05) is 53.0 Å². The average molecular weight is 572 g/mol. The number of carbonyl (C=O) groups is 1. The summed E-state index contributed by atoms with van der Waals surface area (Å²) in [5.41, 5.74) is 1.34. The van der Waals surface area contributed by atoms with Crippen molar-refractivity contribution in [3.05, 3.63) is 87.4 Å². The smallest absolute Gasteiger partial charge is 0.264 e. The van der Waals surface area contributed by atoms with Crippen molar-refractivity contribution in [2.75, 3.05) is 23.1 Å². The van der Waals surface area contributed by atoms with Crippen molar-refractivity contribution in [3.8, 4) is 5.75 Å². The molecule has 184 valence electrons. The molecule has 35 heavy (non-hydrogen) atoms. The van der Waals surface area contributed by atoms with Crippen LogP contribution in [0.15, 0.2) is 71.6 Å². The van der Waals surface area contributed by atoms with Gasteiger partial charge < -0.3 is 10.1 Å². The van der Waals surface area contributed by atoms with Gasteiger partial charge in [-0.2, -0.15) is 11.8 Å². The molecule has 3 aromatic carbocycles. The second kappa shape index (κ2) is 11.3. The molecule has 1 heterocycles. The molecule has 3 aromatic rings. The quantitative estimate of drug-likeness (QED) is 0.354. The van der Waals surface area contributed by atoms with Crippen molar-refractivity contribution in [1.29, 1.82) is 0 Å². The number of halogens is 3. The SMILES string of the molecule is O=C(NCCSCc1ccc(Cl)cc1Cl)[C@H]1CN(S(=O)(=O)c2ccc(Cl)cc2)c2ccccc2O1. The highest BCUT2D eigenvalue weighted by molar-refractivity contribution is 7.98. The van der Waals surface area contributed by atoms with E-state index in [1.807, 2.05) is 6.07 Å². The second-order valence-electron chi connectivity index (χ2n) is 7.64. The third kappa shape index (κ3) is 6.19. The summed E-state index contributed by atoms with van der Waals surface area (Å²) in [6.07, 6.45) is -0.998. The maximum Gasteiger partial charge on any atom is 0.264 e. The maximum atomic E-state index is 13.4. The predicted molar refractivity (Wildman–Crippen MR) is 142 cm³/mol. The first-order valence-electron chi connectivity index (χ1n) is 10.6. The number of ether oxygens (including phenoxy) is 1. The minimum absolute atomic E-state index is 0.0787. The predicted octanol–water partition coefficient (Wildman–Crippen LogP) is 5.65. The van der Waals surface area contributed by atoms with E-state index in [2.05, 4.69) is 5.32 Å².